The van der Waals surface area contributed by atoms with E-state index in [1.54, 1.807) is 18.2 Å². The van der Waals surface area contributed by atoms with E-state index in [1.807, 2.05) is 6.92 Å². The Balaban J connectivity index is 2.14. The van der Waals surface area contributed by atoms with Gasteiger partial charge in [0.05, 0.1) is 4.92 Å². The number of hydrogen-bond donors (Lipinski definition) is 0. The maximum absolute atomic E-state index is 13.1. The van der Waals surface area contributed by atoms with Crippen LogP contribution in [0.3, 0.4) is 0 Å². The van der Waals surface area contributed by atoms with E-state index in [1.165, 1.54) is 24.3 Å². The molecule has 2 aromatic carbocycles. The summed E-state index contributed by atoms with van der Waals surface area (Å²) in [4.78, 5) is 10.2. The molecule has 0 aliphatic carbocycles. The second kappa shape index (κ2) is 6.13. The smallest absolute Gasteiger partial charge is 0.258 e. The normalized spacial score (nSPS) is 12.2. The molecule has 1 atom stereocenters. The summed E-state index contributed by atoms with van der Waals surface area (Å²) in [7, 11) is 0. The molecule has 0 aromatic heterocycles. The van der Waals surface area contributed by atoms with Gasteiger partial charge in [-0.25, -0.2) is 4.39 Å². The van der Waals surface area contributed by atoms with Gasteiger partial charge in [0.25, 0.3) is 5.69 Å². The van der Waals surface area contributed by atoms with Crippen molar-refractivity contribution in [1.82, 2.24) is 0 Å². The van der Waals surface area contributed by atoms with Crippen molar-refractivity contribution in [1.29, 1.82) is 0 Å². The number of non-ortho nitro benzene ring substituents is 1. The number of nitro benzene ring substituents is 1. The lowest BCUT2D eigenvalue weighted by Crippen LogP contribution is -1.99. The lowest BCUT2D eigenvalue weighted by molar-refractivity contribution is -0.384. The number of rotatable bonds is 4. The fourth-order valence-corrected chi connectivity index (χ4v) is 2.95. The number of benzene rings is 2. The highest BCUT2D eigenvalue weighted by Gasteiger charge is 2.12. The molecule has 104 valence electrons. The van der Waals surface area contributed by atoms with Gasteiger partial charge in [-0.2, -0.15) is 0 Å². The van der Waals surface area contributed by atoms with Crippen LogP contribution in [-0.4, -0.2) is 4.92 Å². The number of halogens is 2. The second-order valence-electron chi connectivity index (χ2n) is 4.60. The predicted octanol–water partition coefficient (Wildman–Crippen LogP) is 4.72. The van der Waals surface area contributed by atoms with Gasteiger partial charge < -0.3 is 0 Å². The van der Waals surface area contributed by atoms with Crippen LogP contribution in [0.5, 0.6) is 0 Å². The van der Waals surface area contributed by atoms with E-state index in [9.17, 15) is 14.5 Å². The van der Waals surface area contributed by atoms with Gasteiger partial charge in [-0.3, -0.25) is 10.1 Å². The van der Waals surface area contributed by atoms with E-state index >= 15 is 0 Å². The molecule has 0 amide bonds. The van der Waals surface area contributed by atoms with Crippen molar-refractivity contribution in [2.24, 2.45) is 0 Å². The summed E-state index contributed by atoms with van der Waals surface area (Å²) in [6.07, 6.45) is 0.685. The zero-order chi connectivity index (χ0) is 14.7. The molecule has 3 nitrogen and oxygen atoms in total. The summed E-state index contributed by atoms with van der Waals surface area (Å²) in [5.74, 6) is -0.249. The topological polar surface area (TPSA) is 43.1 Å². The Morgan fingerprint density at radius 3 is 2.45 bits per heavy atom. The molecule has 0 saturated heterocycles. The third kappa shape index (κ3) is 3.42. The van der Waals surface area contributed by atoms with Crippen LogP contribution in [-0.2, 0) is 6.42 Å². The molecule has 0 aliphatic heterocycles. The van der Waals surface area contributed by atoms with Crippen LogP contribution in [0.1, 0.15) is 21.5 Å². The first-order valence-corrected chi connectivity index (χ1v) is 7.02. The van der Waals surface area contributed by atoms with E-state index in [4.69, 9.17) is 0 Å². The Hall–Kier alpha value is -1.75. The standard InChI is InChI=1S/C15H13BrFNO2/c1-10-8-12(17)4-7-14(10)15(16)9-11-2-5-13(6-3-11)18(19)20/h2-8,15H,9H2,1H3. The monoisotopic (exact) mass is 337 g/mol. The van der Waals surface area contributed by atoms with Crippen LogP contribution in [0.4, 0.5) is 10.1 Å². The SMILES string of the molecule is Cc1cc(F)ccc1C(Br)Cc1ccc([N+](=O)[O-])cc1. The predicted molar refractivity (Wildman–Crippen MR) is 79.6 cm³/mol. The van der Waals surface area contributed by atoms with E-state index < -0.39 is 4.92 Å². The molecule has 0 radical (unpaired) electrons. The van der Waals surface area contributed by atoms with Gasteiger partial charge in [-0.1, -0.05) is 34.1 Å². The molecule has 2 aromatic rings. The summed E-state index contributed by atoms with van der Waals surface area (Å²) in [6.45, 7) is 1.86. The summed E-state index contributed by atoms with van der Waals surface area (Å²) >= 11 is 3.59. The molecule has 1 unspecified atom stereocenters. The molecule has 0 bridgehead atoms. The molecule has 0 fully saturated rings. The van der Waals surface area contributed by atoms with Crippen molar-refractivity contribution in [3.05, 3.63) is 75.1 Å². The van der Waals surface area contributed by atoms with Gasteiger partial charge in [-0.15, -0.1) is 0 Å². The Morgan fingerprint density at radius 2 is 1.90 bits per heavy atom. The highest BCUT2D eigenvalue weighted by Crippen LogP contribution is 2.30. The molecule has 0 heterocycles. The minimum Gasteiger partial charge on any atom is -0.258 e. The quantitative estimate of drug-likeness (QED) is 0.460. The minimum atomic E-state index is -0.417. The Kier molecular flexibility index (Phi) is 4.49. The third-order valence-corrected chi connectivity index (χ3v) is 3.95. The summed E-state index contributed by atoms with van der Waals surface area (Å²) in [5.41, 5.74) is 2.97. The van der Waals surface area contributed by atoms with Crippen molar-refractivity contribution < 1.29 is 9.31 Å². The van der Waals surface area contributed by atoms with Crippen LogP contribution in [0, 0.1) is 22.9 Å². The summed E-state index contributed by atoms with van der Waals surface area (Å²) in [6, 6.07) is 11.2. The van der Waals surface area contributed by atoms with Crippen molar-refractivity contribution in [2.45, 2.75) is 18.2 Å². The highest BCUT2D eigenvalue weighted by molar-refractivity contribution is 9.09. The van der Waals surface area contributed by atoms with E-state index in [-0.39, 0.29) is 16.3 Å². The Bertz CT molecular complexity index is 628. The van der Waals surface area contributed by atoms with Crippen molar-refractivity contribution in [3.63, 3.8) is 0 Å². The number of hydrogen-bond acceptors (Lipinski definition) is 2. The number of alkyl halides is 1. The van der Waals surface area contributed by atoms with Gasteiger partial charge >= 0.3 is 0 Å². The van der Waals surface area contributed by atoms with E-state index in [0.717, 1.165) is 16.7 Å². The van der Waals surface area contributed by atoms with Crippen LogP contribution < -0.4 is 0 Å². The maximum atomic E-state index is 13.1. The number of nitro groups is 1. The largest absolute Gasteiger partial charge is 0.269 e. The van der Waals surface area contributed by atoms with Gasteiger partial charge in [-0.05, 0) is 42.2 Å². The van der Waals surface area contributed by atoms with Crippen molar-refractivity contribution >= 4 is 21.6 Å². The first kappa shape index (κ1) is 14.7. The van der Waals surface area contributed by atoms with Crippen LogP contribution >= 0.6 is 15.9 Å². The van der Waals surface area contributed by atoms with E-state index in [0.29, 0.717) is 6.42 Å². The molecule has 0 N–H and O–H groups in total. The first-order valence-electron chi connectivity index (χ1n) is 6.11. The van der Waals surface area contributed by atoms with Crippen LogP contribution in [0.15, 0.2) is 42.5 Å². The van der Waals surface area contributed by atoms with Crippen LogP contribution in [0.25, 0.3) is 0 Å². The van der Waals surface area contributed by atoms with Crippen molar-refractivity contribution in [3.8, 4) is 0 Å². The fourth-order valence-electron chi connectivity index (χ4n) is 2.06. The third-order valence-electron chi connectivity index (χ3n) is 3.13. The minimum absolute atomic E-state index is 0.0459. The number of aryl methyl sites for hydroxylation is 1. The summed E-state index contributed by atoms with van der Waals surface area (Å²) in [5, 5.41) is 10.6. The molecule has 5 heteroatoms. The molecular weight excluding hydrogens is 325 g/mol. The highest BCUT2D eigenvalue weighted by atomic mass is 79.9. The molecule has 2 rings (SSSR count). The second-order valence-corrected chi connectivity index (χ2v) is 5.70. The van der Waals surface area contributed by atoms with Gasteiger partial charge in [0, 0.05) is 17.0 Å². The molecule has 0 saturated carbocycles. The number of nitrogens with zero attached hydrogens (tertiary/aromatic N) is 1. The zero-order valence-electron chi connectivity index (χ0n) is 10.8. The zero-order valence-corrected chi connectivity index (χ0v) is 12.4. The van der Waals surface area contributed by atoms with Crippen LogP contribution in [0.2, 0.25) is 0 Å². The first-order chi connectivity index (χ1) is 9.47. The fraction of sp³-hybridized carbons (Fsp3) is 0.200. The van der Waals surface area contributed by atoms with Crippen molar-refractivity contribution in [2.75, 3.05) is 0 Å². The lowest BCUT2D eigenvalue weighted by Gasteiger charge is -2.13. The van der Waals surface area contributed by atoms with Gasteiger partial charge in [0.2, 0.25) is 0 Å². The maximum Gasteiger partial charge on any atom is 0.269 e. The average molecular weight is 338 g/mol. The molecule has 20 heavy (non-hydrogen) atoms. The molecule has 0 aliphatic rings. The van der Waals surface area contributed by atoms with Gasteiger partial charge in [0.15, 0.2) is 0 Å². The van der Waals surface area contributed by atoms with Gasteiger partial charge in [0.1, 0.15) is 5.82 Å². The summed E-state index contributed by atoms with van der Waals surface area (Å²) < 4.78 is 13.1. The molecule has 0 spiro atoms. The lowest BCUT2D eigenvalue weighted by atomic mass is 10.0. The Labute approximate surface area is 124 Å². The molecular formula is C15H13BrFNO2. The Morgan fingerprint density at radius 1 is 1.25 bits per heavy atom. The van der Waals surface area contributed by atoms with E-state index in [2.05, 4.69) is 15.9 Å². The average Bonchev–Trinajstić information content (AvgIpc) is 2.39.